The van der Waals surface area contributed by atoms with Crippen LogP contribution in [-0.2, 0) is 35.8 Å². The predicted molar refractivity (Wildman–Crippen MR) is 127 cm³/mol. The van der Waals surface area contributed by atoms with Crippen LogP contribution in [0.3, 0.4) is 0 Å². The van der Waals surface area contributed by atoms with E-state index in [-0.39, 0.29) is 18.2 Å². The standard InChI is InChI=1S/C27H24F6N2O4/c1-38-22-9-7-17(8-10-22)14-35-23(36)25(34-24(35)37,19-5-3-2-4-6-19)16-39-15-18-11-20(26(28,29)30)13-21(12-18)27(31,32)33/h2-13,23,36H,14-16H2,1H3,(H,34,37)/t23-,25-/m1/s1. The maximum absolute atomic E-state index is 13.2. The van der Waals surface area contributed by atoms with Crippen molar-refractivity contribution >= 4 is 6.03 Å². The van der Waals surface area contributed by atoms with E-state index < -0.39 is 54.5 Å². The monoisotopic (exact) mass is 554 g/mol. The van der Waals surface area contributed by atoms with E-state index in [2.05, 4.69) is 5.32 Å². The largest absolute Gasteiger partial charge is 0.497 e. The number of aliphatic hydroxyl groups excluding tert-OH is 1. The molecule has 1 aliphatic heterocycles. The van der Waals surface area contributed by atoms with Crippen LogP contribution in [0.15, 0.2) is 72.8 Å². The fourth-order valence-electron chi connectivity index (χ4n) is 4.37. The van der Waals surface area contributed by atoms with Crippen LogP contribution in [0.25, 0.3) is 0 Å². The normalized spacial score (nSPS) is 19.7. The fourth-order valence-corrected chi connectivity index (χ4v) is 4.37. The van der Waals surface area contributed by atoms with Crippen LogP contribution < -0.4 is 10.1 Å². The summed E-state index contributed by atoms with van der Waals surface area (Å²) in [4.78, 5) is 14.1. The molecule has 12 heteroatoms. The number of hydrogen-bond acceptors (Lipinski definition) is 4. The maximum Gasteiger partial charge on any atom is 0.416 e. The Hall–Kier alpha value is -3.77. The number of nitrogens with zero attached hydrogens (tertiary/aromatic N) is 1. The lowest BCUT2D eigenvalue weighted by atomic mass is 9.89. The lowest BCUT2D eigenvalue weighted by Crippen LogP contribution is -2.50. The molecule has 39 heavy (non-hydrogen) atoms. The second-order valence-corrected chi connectivity index (χ2v) is 9.02. The molecule has 1 aliphatic rings. The summed E-state index contributed by atoms with van der Waals surface area (Å²) in [5.41, 5.74) is -3.74. The molecule has 0 spiro atoms. The Labute approximate surface area is 219 Å². The molecule has 3 aromatic rings. The first kappa shape index (κ1) is 28.2. The average Bonchev–Trinajstić information content (AvgIpc) is 3.13. The maximum atomic E-state index is 13.2. The molecule has 1 fully saturated rings. The van der Waals surface area contributed by atoms with E-state index in [9.17, 15) is 36.2 Å². The zero-order chi connectivity index (χ0) is 28.4. The molecule has 0 saturated carbocycles. The second kappa shape index (κ2) is 10.8. The van der Waals surface area contributed by atoms with Gasteiger partial charge in [-0.15, -0.1) is 0 Å². The van der Waals surface area contributed by atoms with Crippen molar-refractivity contribution in [2.24, 2.45) is 0 Å². The van der Waals surface area contributed by atoms with E-state index in [0.29, 0.717) is 29.0 Å². The number of hydrogen-bond donors (Lipinski definition) is 2. The van der Waals surface area contributed by atoms with Crippen LogP contribution in [0.2, 0.25) is 0 Å². The molecule has 0 aliphatic carbocycles. The van der Waals surface area contributed by atoms with Gasteiger partial charge in [0.25, 0.3) is 0 Å². The number of halogens is 6. The summed E-state index contributed by atoms with van der Waals surface area (Å²) < 4.78 is 90.2. The molecule has 2 amide bonds. The lowest BCUT2D eigenvalue weighted by Gasteiger charge is -2.33. The zero-order valence-corrected chi connectivity index (χ0v) is 20.5. The van der Waals surface area contributed by atoms with Crippen molar-refractivity contribution in [2.75, 3.05) is 13.7 Å². The number of amides is 2. The van der Waals surface area contributed by atoms with Gasteiger partial charge in [0.05, 0.1) is 38.0 Å². The van der Waals surface area contributed by atoms with Gasteiger partial charge in [0.15, 0.2) is 6.23 Å². The van der Waals surface area contributed by atoms with Gasteiger partial charge < -0.3 is 19.9 Å². The molecule has 0 unspecified atom stereocenters. The number of carbonyl (C=O) groups is 1. The molecule has 0 aromatic heterocycles. The quantitative estimate of drug-likeness (QED) is 0.351. The van der Waals surface area contributed by atoms with Crippen molar-refractivity contribution in [2.45, 2.75) is 37.3 Å². The van der Waals surface area contributed by atoms with Gasteiger partial charge in [-0.1, -0.05) is 42.5 Å². The third kappa shape index (κ3) is 6.12. The van der Waals surface area contributed by atoms with Crippen molar-refractivity contribution in [1.82, 2.24) is 10.2 Å². The Bertz CT molecular complexity index is 1270. The van der Waals surface area contributed by atoms with Gasteiger partial charge in [-0.2, -0.15) is 26.3 Å². The Morgan fingerprint density at radius 1 is 0.897 bits per heavy atom. The number of urea groups is 1. The molecule has 208 valence electrons. The minimum atomic E-state index is -5.00. The summed E-state index contributed by atoms with van der Waals surface area (Å²) in [7, 11) is 1.50. The van der Waals surface area contributed by atoms with Crippen molar-refractivity contribution in [3.05, 3.63) is 101 Å². The molecule has 6 nitrogen and oxygen atoms in total. The van der Waals surface area contributed by atoms with E-state index in [1.54, 1.807) is 54.6 Å². The summed E-state index contributed by atoms with van der Waals surface area (Å²) in [6.45, 7) is -1.07. The smallest absolute Gasteiger partial charge is 0.416 e. The number of rotatable bonds is 8. The molecule has 0 bridgehead atoms. The van der Waals surface area contributed by atoms with Crippen molar-refractivity contribution < 1.29 is 45.7 Å². The highest BCUT2D eigenvalue weighted by Gasteiger charge is 2.52. The Kier molecular flexibility index (Phi) is 7.80. The third-order valence-corrected chi connectivity index (χ3v) is 6.37. The minimum Gasteiger partial charge on any atom is -0.497 e. The highest BCUT2D eigenvalue weighted by molar-refractivity contribution is 5.79. The van der Waals surface area contributed by atoms with Crippen molar-refractivity contribution in [3.8, 4) is 5.75 Å². The van der Waals surface area contributed by atoms with Gasteiger partial charge in [0, 0.05) is 0 Å². The Morgan fingerprint density at radius 2 is 1.49 bits per heavy atom. The zero-order valence-electron chi connectivity index (χ0n) is 20.5. The van der Waals surface area contributed by atoms with Crippen LogP contribution in [-0.4, -0.2) is 36.0 Å². The molecule has 2 N–H and O–H groups in total. The summed E-state index contributed by atoms with van der Waals surface area (Å²) in [5.74, 6) is 0.598. The average molecular weight is 554 g/mol. The molecule has 3 aromatic carbocycles. The number of benzene rings is 3. The van der Waals surface area contributed by atoms with Crippen molar-refractivity contribution in [3.63, 3.8) is 0 Å². The fraction of sp³-hybridized carbons (Fsp3) is 0.296. The van der Waals surface area contributed by atoms with Crippen LogP contribution >= 0.6 is 0 Å². The first-order valence-corrected chi connectivity index (χ1v) is 11.6. The number of methoxy groups -OCH3 is 1. The van der Waals surface area contributed by atoms with E-state index in [0.717, 1.165) is 4.90 Å². The summed E-state index contributed by atoms with van der Waals surface area (Å²) >= 11 is 0. The number of alkyl halides is 6. The van der Waals surface area contributed by atoms with E-state index in [1.165, 1.54) is 7.11 Å². The van der Waals surface area contributed by atoms with E-state index >= 15 is 0 Å². The van der Waals surface area contributed by atoms with Gasteiger partial charge in [-0.3, -0.25) is 4.90 Å². The number of carbonyl (C=O) groups excluding carboxylic acids is 1. The Balaban J connectivity index is 1.59. The highest BCUT2D eigenvalue weighted by Crippen LogP contribution is 2.38. The minimum absolute atomic E-state index is 0.00808. The topological polar surface area (TPSA) is 71.0 Å². The third-order valence-electron chi connectivity index (χ3n) is 6.37. The lowest BCUT2D eigenvalue weighted by molar-refractivity contribution is -0.143. The van der Waals surface area contributed by atoms with E-state index in [1.807, 2.05) is 0 Å². The molecule has 1 saturated heterocycles. The molecule has 2 atom stereocenters. The van der Waals surface area contributed by atoms with E-state index in [4.69, 9.17) is 9.47 Å². The molecular formula is C27H24F6N2O4. The summed E-state index contributed by atoms with van der Waals surface area (Å²) in [6, 6.07) is 15.6. The molecule has 4 rings (SSSR count). The van der Waals surface area contributed by atoms with Crippen molar-refractivity contribution in [1.29, 1.82) is 0 Å². The second-order valence-electron chi connectivity index (χ2n) is 9.02. The highest BCUT2D eigenvalue weighted by atomic mass is 19.4. The molecule has 1 heterocycles. The van der Waals surface area contributed by atoms with Crippen LogP contribution in [0.4, 0.5) is 31.1 Å². The van der Waals surface area contributed by atoms with Gasteiger partial charge >= 0.3 is 18.4 Å². The van der Waals surface area contributed by atoms with Gasteiger partial charge in [-0.25, -0.2) is 4.79 Å². The van der Waals surface area contributed by atoms with Crippen LogP contribution in [0.1, 0.15) is 27.8 Å². The SMILES string of the molecule is COc1ccc(CN2C(=O)N[C@](COCc3cc(C(F)(F)F)cc(C(F)(F)F)c3)(c3ccccc3)[C@H]2O)cc1. The Morgan fingerprint density at radius 3 is 2.03 bits per heavy atom. The van der Waals surface area contributed by atoms with Crippen LogP contribution in [0.5, 0.6) is 5.75 Å². The molecule has 0 radical (unpaired) electrons. The van der Waals surface area contributed by atoms with Gasteiger partial charge in [-0.05, 0) is 47.0 Å². The van der Waals surface area contributed by atoms with Crippen LogP contribution in [0, 0.1) is 0 Å². The molecular weight excluding hydrogens is 530 g/mol. The number of ether oxygens (including phenoxy) is 2. The van der Waals surface area contributed by atoms with Gasteiger partial charge in [0.2, 0.25) is 0 Å². The summed E-state index contributed by atoms with van der Waals surface area (Å²) in [6.07, 6.45) is -11.5. The number of aliphatic hydroxyl groups is 1. The first-order valence-electron chi connectivity index (χ1n) is 11.6. The predicted octanol–water partition coefficient (Wildman–Crippen LogP) is 5.69. The summed E-state index contributed by atoms with van der Waals surface area (Å²) in [5, 5.41) is 14.0. The number of nitrogens with one attached hydrogen (secondary N) is 1. The van der Waals surface area contributed by atoms with Gasteiger partial charge in [0.1, 0.15) is 11.3 Å². The first-order chi connectivity index (χ1) is 18.3.